The average molecular weight is 429 g/mol. The molecule has 1 aromatic rings. The van der Waals surface area contributed by atoms with Crippen LogP contribution in [0.5, 0.6) is 5.75 Å². The van der Waals surface area contributed by atoms with Crippen LogP contribution >= 0.6 is 0 Å². The highest BCUT2D eigenvalue weighted by molar-refractivity contribution is 6.01. The van der Waals surface area contributed by atoms with Crippen molar-refractivity contribution in [2.75, 3.05) is 13.2 Å². The van der Waals surface area contributed by atoms with Gasteiger partial charge in [-0.15, -0.1) is 0 Å². The lowest BCUT2D eigenvalue weighted by molar-refractivity contribution is -0.178. The summed E-state index contributed by atoms with van der Waals surface area (Å²) >= 11 is 0. The largest absolute Gasteiger partial charge is 0.468 e. The van der Waals surface area contributed by atoms with E-state index >= 15 is 0 Å². The zero-order valence-corrected chi connectivity index (χ0v) is 19.3. The van der Waals surface area contributed by atoms with E-state index < -0.39 is 17.6 Å². The molecule has 2 N–H and O–H groups in total. The fourth-order valence-corrected chi connectivity index (χ4v) is 6.40. The molecule has 2 bridgehead atoms. The van der Waals surface area contributed by atoms with Crippen LogP contribution in [-0.4, -0.2) is 41.2 Å². The molecule has 0 unspecified atom stereocenters. The summed E-state index contributed by atoms with van der Waals surface area (Å²) in [6.07, 6.45) is 5.61. The second-order valence-electron chi connectivity index (χ2n) is 10.5. The van der Waals surface area contributed by atoms with Gasteiger partial charge < -0.3 is 20.1 Å². The summed E-state index contributed by atoms with van der Waals surface area (Å²) in [6.45, 7) is 9.80. The van der Waals surface area contributed by atoms with Crippen LogP contribution in [0.4, 0.5) is 0 Å². The van der Waals surface area contributed by atoms with Gasteiger partial charge in [-0.2, -0.15) is 0 Å². The molecule has 0 saturated carbocycles. The summed E-state index contributed by atoms with van der Waals surface area (Å²) in [4.78, 5) is 27.8. The number of likely N-dealkylation sites (tertiary alicyclic amines) is 1. The number of rotatable bonds is 6. The zero-order valence-electron chi connectivity index (χ0n) is 19.3. The van der Waals surface area contributed by atoms with Crippen molar-refractivity contribution >= 4 is 11.8 Å². The van der Waals surface area contributed by atoms with Crippen molar-refractivity contribution in [2.45, 2.75) is 83.5 Å². The SMILES string of the molecule is CCC[C@]1(CCN2C(=O)[C@@H](C(N)=O)[C@H]3C[C@@]2(C)Oc2ccccc23)CCOC(C)(C)C1. The summed E-state index contributed by atoms with van der Waals surface area (Å²) in [5.74, 6) is -1.07. The normalized spacial score (nSPS) is 34.1. The van der Waals surface area contributed by atoms with Gasteiger partial charge in [-0.3, -0.25) is 9.59 Å². The van der Waals surface area contributed by atoms with Crippen LogP contribution in [0.15, 0.2) is 24.3 Å². The first-order valence-electron chi connectivity index (χ1n) is 11.6. The van der Waals surface area contributed by atoms with Crippen LogP contribution in [0.2, 0.25) is 0 Å². The quantitative estimate of drug-likeness (QED) is 0.695. The molecule has 2 saturated heterocycles. The molecule has 2 amide bonds. The van der Waals surface area contributed by atoms with Gasteiger partial charge in [0.2, 0.25) is 11.8 Å². The van der Waals surface area contributed by atoms with Crippen molar-refractivity contribution < 1.29 is 19.1 Å². The smallest absolute Gasteiger partial charge is 0.238 e. The third kappa shape index (κ3) is 3.95. The van der Waals surface area contributed by atoms with Crippen LogP contribution in [0.25, 0.3) is 0 Å². The summed E-state index contributed by atoms with van der Waals surface area (Å²) in [5, 5.41) is 0. The minimum Gasteiger partial charge on any atom is -0.468 e. The first-order valence-corrected chi connectivity index (χ1v) is 11.6. The molecule has 2 fully saturated rings. The Morgan fingerprint density at radius 1 is 1.23 bits per heavy atom. The number of hydrogen-bond donors (Lipinski definition) is 1. The number of benzene rings is 1. The van der Waals surface area contributed by atoms with E-state index in [2.05, 4.69) is 20.8 Å². The maximum absolute atomic E-state index is 13.6. The first-order chi connectivity index (χ1) is 14.6. The standard InChI is InChI=1S/C25H36N2O4/c1-5-10-25(12-14-30-23(2,3)16-25)11-13-27-22(29)20(21(26)28)18-15-24(27,4)31-19-9-7-6-8-17(18)19/h6-9,18,20H,5,10-16H2,1-4H3,(H2,26,28)/t18-,20+,24+,25-/m0/s1. The molecule has 170 valence electrons. The number of nitrogens with zero attached hydrogens (tertiary/aromatic N) is 1. The number of nitrogens with two attached hydrogens (primary N) is 1. The number of primary amides is 1. The van der Waals surface area contributed by atoms with Crippen LogP contribution in [0.3, 0.4) is 0 Å². The van der Waals surface area contributed by atoms with Crippen molar-refractivity contribution in [1.82, 2.24) is 4.90 Å². The lowest BCUT2D eigenvalue weighted by atomic mass is 9.68. The molecule has 3 aliphatic rings. The van der Waals surface area contributed by atoms with Crippen LogP contribution in [-0.2, 0) is 14.3 Å². The van der Waals surface area contributed by atoms with Crippen molar-refractivity contribution in [3.05, 3.63) is 29.8 Å². The van der Waals surface area contributed by atoms with Crippen molar-refractivity contribution in [2.24, 2.45) is 17.1 Å². The van der Waals surface area contributed by atoms with E-state index in [4.69, 9.17) is 15.2 Å². The first kappa shape index (κ1) is 22.1. The van der Waals surface area contributed by atoms with E-state index in [9.17, 15) is 9.59 Å². The van der Waals surface area contributed by atoms with E-state index in [-0.39, 0.29) is 22.8 Å². The Morgan fingerprint density at radius 3 is 2.65 bits per heavy atom. The second kappa shape index (κ2) is 7.80. The van der Waals surface area contributed by atoms with E-state index in [1.165, 1.54) is 0 Å². The Balaban J connectivity index is 1.63. The number of ether oxygens (including phenoxy) is 2. The molecule has 0 aliphatic carbocycles. The molecule has 3 aliphatic heterocycles. The summed E-state index contributed by atoms with van der Waals surface area (Å²) < 4.78 is 12.4. The predicted molar refractivity (Wildman–Crippen MR) is 118 cm³/mol. The van der Waals surface area contributed by atoms with Crippen LogP contribution < -0.4 is 10.5 Å². The highest BCUT2D eigenvalue weighted by Crippen LogP contribution is 2.51. The molecular weight excluding hydrogens is 392 g/mol. The number of para-hydroxylation sites is 1. The van der Waals surface area contributed by atoms with Crippen molar-refractivity contribution in [3.8, 4) is 5.75 Å². The molecule has 3 heterocycles. The Labute approximate surface area is 185 Å². The van der Waals surface area contributed by atoms with Crippen LogP contribution in [0.1, 0.15) is 77.7 Å². The zero-order chi connectivity index (χ0) is 22.4. The molecule has 4 atom stereocenters. The number of fused-ring (bicyclic) bond motifs is 4. The Hall–Kier alpha value is -2.08. The number of carbonyl (C=O) groups is 2. The summed E-state index contributed by atoms with van der Waals surface area (Å²) in [7, 11) is 0. The molecule has 4 rings (SSSR count). The highest BCUT2D eigenvalue weighted by Gasteiger charge is 2.56. The van der Waals surface area contributed by atoms with Crippen LogP contribution in [0, 0.1) is 11.3 Å². The molecule has 0 radical (unpaired) electrons. The molecule has 6 nitrogen and oxygen atoms in total. The molecule has 0 aromatic heterocycles. The van der Waals surface area contributed by atoms with E-state index in [0.717, 1.165) is 50.0 Å². The van der Waals surface area contributed by atoms with Gasteiger partial charge in [-0.25, -0.2) is 0 Å². The minimum absolute atomic E-state index is 0.124. The van der Waals surface area contributed by atoms with Crippen molar-refractivity contribution in [3.63, 3.8) is 0 Å². The maximum atomic E-state index is 13.6. The molecular formula is C25H36N2O4. The highest BCUT2D eigenvalue weighted by atomic mass is 16.5. The second-order valence-corrected chi connectivity index (χ2v) is 10.5. The Bertz CT molecular complexity index is 865. The van der Waals surface area contributed by atoms with Gasteiger partial charge >= 0.3 is 0 Å². The third-order valence-electron chi connectivity index (χ3n) is 7.63. The fourth-order valence-electron chi connectivity index (χ4n) is 6.40. The van der Waals surface area contributed by atoms with Gasteiger partial charge in [0.15, 0.2) is 5.72 Å². The van der Waals surface area contributed by atoms with Gasteiger partial charge in [-0.05, 0) is 63.5 Å². The lowest BCUT2D eigenvalue weighted by Crippen LogP contribution is -2.65. The number of piperidine rings is 1. The average Bonchev–Trinajstić information content (AvgIpc) is 2.66. The third-order valence-corrected chi connectivity index (χ3v) is 7.63. The predicted octanol–water partition coefficient (Wildman–Crippen LogP) is 3.98. The van der Waals surface area contributed by atoms with E-state index in [1.807, 2.05) is 31.2 Å². The summed E-state index contributed by atoms with van der Waals surface area (Å²) in [6, 6.07) is 7.71. The van der Waals surface area contributed by atoms with Gasteiger partial charge in [0.25, 0.3) is 0 Å². The lowest BCUT2D eigenvalue weighted by Gasteiger charge is -2.54. The van der Waals surface area contributed by atoms with Gasteiger partial charge in [0.1, 0.15) is 11.7 Å². The summed E-state index contributed by atoms with van der Waals surface area (Å²) in [5.41, 5.74) is 5.86. The molecule has 0 spiro atoms. The molecule has 6 heteroatoms. The number of amides is 2. The Kier molecular flexibility index (Phi) is 5.57. The van der Waals surface area contributed by atoms with E-state index in [1.54, 1.807) is 4.90 Å². The van der Waals surface area contributed by atoms with Gasteiger partial charge in [-0.1, -0.05) is 31.5 Å². The monoisotopic (exact) mass is 428 g/mol. The fraction of sp³-hybridized carbons (Fsp3) is 0.680. The topological polar surface area (TPSA) is 81.9 Å². The number of hydrogen-bond acceptors (Lipinski definition) is 4. The molecule has 31 heavy (non-hydrogen) atoms. The molecule has 1 aromatic carbocycles. The van der Waals surface area contributed by atoms with E-state index in [0.29, 0.717) is 13.0 Å². The Morgan fingerprint density at radius 2 is 1.97 bits per heavy atom. The minimum atomic E-state index is -0.841. The number of carbonyl (C=O) groups excluding carboxylic acids is 2. The maximum Gasteiger partial charge on any atom is 0.238 e. The van der Waals surface area contributed by atoms with Gasteiger partial charge in [0, 0.05) is 25.5 Å². The van der Waals surface area contributed by atoms with Crippen molar-refractivity contribution in [1.29, 1.82) is 0 Å². The van der Waals surface area contributed by atoms with Gasteiger partial charge in [0.05, 0.1) is 5.60 Å².